The van der Waals surface area contributed by atoms with Crippen LogP contribution in [0.25, 0.3) is 0 Å². The number of allylic oxidation sites excluding steroid dienone is 6. The van der Waals surface area contributed by atoms with Crippen LogP contribution in [0, 0.1) is 5.92 Å². The van der Waals surface area contributed by atoms with Gasteiger partial charge in [-0.05, 0) is 65.7 Å². The maximum absolute atomic E-state index is 6.52. The molecule has 0 bridgehead atoms. The van der Waals surface area contributed by atoms with Gasteiger partial charge in [-0.15, -0.1) is 0 Å². The lowest BCUT2D eigenvalue weighted by Gasteiger charge is -2.13. The zero-order chi connectivity index (χ0) is 18.1. The summed E-state index contributed by atoms with van der Waals surface area (Å²) in [5.74, 6) is 0.829. The van der Waals surface area contributed by atoms with Crippen molar-refractivity contribution in [3.63, 3.8) is 0 Å². The highest BCUT2D eigenvalue weighted by Gasteiger charge is 2.23. The van der Waals surface area contributed by atoms with Gasteiger partial charge in [0.1, 0.15) is 0 Å². The Labute approximate surface area is 153 Å². The summed E-state index contributed by atoms with van der Waals surface area (Å²) in [6.07, 6.45) is 11.8. The van der Waals surface area contributed by atoms with Crippen molar-refractivity contribution in [1.82, 2.24) is 0 Å². The minimum atomic E-state index is 0.312. The van der Waals surface area contributed by atoms with Gasteiger partial charge in [0.05, 0.1) is 10.7 Å². The predicted octanol–water partition coefficient (Wildman–Crippen LogP) is 6.87. The van der Waals surface area contributed by atoms with Crippen LogP contribution in [-0.4, -0.2) is 18.0 Å². The predicted molar refractivity (Wildman–Crippen MR) is 109 cm³/mol. The summed E-state index contributed by atoms with van der Waals surface area (Å²) in [6.45, 7) is 12.6. The van der Waals surface area contributed by atoms with Crippen LogP contribution in [0.1, 0.15) is 73.6 Å². The summed E-state index contributed by atoms with van der Waals surface area (Å²) in [6, 6.07) is 0.312. The molecule has 0 unspecified atom stereocenters. The van der Waals surface area contributed by atoms with Crippen molar-refractivity contribution >= 4 is 23.5 Å². The van der Waals surface area contributed by atoms with Crippen LogP contribution < -0.4 is 0 Å². The van der Waals surface area contributed by atoms with Crippen molar-refractivity contribution in [3.8, 4) is 0 Å². The molecule has 3 heteroatoms. The Bertz CT molecular complexity index is 560. The number of aliphatic imine (C=N–C) groups is 2. The van der Waals surface area contributed by atoms with E-state index in [0.717, 1.165) is 42.2 Å². The molecular weight excluding hydrogens is 316 g/mol. The van der Waals surface area contributed by atoms with Crippen molar-refractivity contribution in [3.05, 3.63) is 34.0 Å². The van der Waals surface area contributed by atoms with Gasteiger partial charge in [-0.2, -0.15) is 0 Å². The zero-order valence-electron chi connectivity index (χ0n) is 16.2. The second-order valence-corrected chi connectivity index (χ2v) is 7.13. The molecule has 0 aromatic carbocycles. The van der Waals surface area contributed by atoms with E-state index in [9.17, 15) is 0 Å². The van der Waals surface area contributed by atoms with E-state index < -0.39 is 0 Å². The summed E-state index contributed by atoms with van der Waals surface area (Å²) in [5.41, 5.74) is 4.29. The lowest BCUT2D eigenvalue weighted by molar-refractivity contribution is 0.720. The molecule has 0 aromatic heterocycles. The second-order valence-electron chi connectivity index (χ2n) is 6.73. The molecule has 0 spiro atoms. The summed E-state index contributed by atoms with van der Waals surface area (Å²) in [4.78, 5) is 9.53. The molecule has 0 amide bonds. The Morgan fingerprint density at radius 2 is 1.92 bits per heavy atom. The highest BCUT2D eigenvalue weighted by Crippen LogP contribution is 2.36. The maximum Gasteiger partial charge on any atom is 0.0902 e. The lowest BCUT2D eigenvalue weighted by Crippen LogP contribution is -2.10. The molecule has 1 aliphatic rings. The van der Waals surface area contributed by atoms with Gasteiger partial charge in [-0.3, -0.25) is 9.98 Å². The van der Waals surface area contributed by atoms with Gasteiger partial charge in [-0.1, -0.05) is 43.2 Å². The van der Waals surface area contributed by atoms with Crippen LogP contribution in [0.15, 0.2) is 44.0 Å². The monoisotopic (exact) mass is 348 g/mol. The third-order valence-electron chi connectivity index (χ3n) is 4.32. The smallest absolute Gasteiger partial charge is 0.0902 e. The van der Waals surface area contributed by atoms with E-state index in [0.29, 0.717) is 11.1 Å². The fraction of sp³-hybridized carbons (Fsp3) is 0.619. The normalized spacial score (nSPS) is 19.7. The fourth-order valence-electron chi connectivity index (χ4n) is 2.44. The Balaban J connectivity index is 3.33. The zero-order valence-corrected chi connectivity index (χ0v) is 17.0. The summed E-state index contributed by atoms with van der Waals surface area (Å²) in [7, 11) is 0. The van der Waals surface area contributed by atoms with Crippen LogP contribution >= 0.6 is 11.6 Å². The van der Waals surface area contributed by atoms with Gasteiger partial charge in [-0.25, -0.2) is 0 Å². The Hall–Kier alpha value is -1.15. The van der Waals surface area contributed by atoms with E-state index in [1.807, 2.05) is 26.1 Å². The molecule has 0 aliphatic heterocycles. The molecular formula is C21H33ClN2. The third-order valence-corrected chi connectivity index (χ3v) is 4.72. The first-order chi connectivity index (χ1) is 11.4. The molecule has 0 N–H and O–H groups in total. The molecule has 24 heavy (non-hydrogen) atoms. The Morgan fingerprint density at radius 1 is 1.25 bits per heavy atom. The molecule has 0 saturated heterocycles. The molecule has 0 radical (unpaired) electrons. The van der Waals surface area contributed by atoms with E-state index in [4.69, 9.17) is 21.6 Å². The van der Waals surface area contributed by atoms with Gasteiger partial charge in [0.2, 0.25) is 0 Å². The van der Waals surface area contributed by atoms with Gasteiger partial charge in [0, 0.05) is 23.5 Å². The Kier molecular flexibility index (Phi) is 9.28. The van der Waals surface area contributed by atoms with E-state index >= 15 is 0 Å². The van der Waals surface area contributed by atoms with E-state index in [-0.39, 0.29) is 0 Å². The van der Waals surface area contributed by atoms with Crippen molar-refractivity contribution in [1.29, 1.82) is 0 Å². The molecule has 2 nitrogen and oxygen atoms in total. The maximum atomic E-state index is 6.52. The van der Waals surface area contributed by atoms with Gasteiger partial charge < -0.3 is 0 Å². The minimum Gasteiger partial charge on any atom is -0.289 e. The molecule has 1 atom stereocenters. The van der Waals surface area contributed by atoms with Crippen LogP contribution in [0.4, 0.5) is 0 Å². The first-order valence-corrected chi connectivity index (χ1v) is 9.61. The van der Waals surface area contributed by atoms with Crippen molar-refractivity contribution in [2.24, 2.45) is 15.9 Å². The number of hydrogen-bond acceptors (Lipinski definition) is 2. The topological polar surface area (TPSA) is 24.7 Å². The molecule has 1 aliphatic carbocycles. The quantitative estimate of drug-likeness (QED) is 0.406. The van der Waals surface area contributed by atoms with E-state index in [2.05, 4.69) is 33.8 Å². The summed E-state index contributed by atoms with van der Waals surface area (Å²) >= 11 is 6.52. The first kappa shape index (κ1) is 20.9. The van der Waals surface area contributed by atoms with Crippen LogP contribution in [0.3, 0.4) is 0 Å². The van der Waals surface area contributed by atoms with Crippen molar-refractivity contribution in [2.45, 2.75) is 79.7 Å². The highest BCUT2D eigenvalue weighted by atomic mass is 35.5. The SMILES string of the molecule is C\C=C(Cl)/C(=N\C(C)=C\CC)C(/C=N\[C@H](C)CC)=C(\C)CC1CC1. The minimum absolute atomic E-state index is 0.312. The summed E-state index contributed by atoms with van der Waals surface area (Å²) in [5, 5.41) is 0.694. The van der Waals surface area contributed by atoms with Crippen molar-refractivity contribution in [2.75, 3.05) is 0 Å². The standard InChI is InChI=1S/C21H33ClN2/c1-7-10-17(6)24-21(20(22)9-3)19(14-23-16(5)8-2)15(4)13-18-11-12-18/h9-10,14,16,18H,7-8,11-13H2,1-6H3/b17-10+,19-15+,20-9+,23-14-,24-21-/t16-/m1/s1. The Morgan fingerprint density at radius 3 is 2.42 bits per heavy atom. The van der Waals surface area contributed by atoms with Crippen molar-refractivity contribution < 1.29 is 0 Å². The molecule has 134 valence electrons. The largest absolute Gasteiger partial charge is 0.289 e. The number of hydrogen-bond donors (Lipinski definition) is 0. The van der Waals surface area contributed by atoms with Crippen LogP contribution in [0.5, 0.6) is 0 Å². The molecule has 1 fully saturated rings. The fourth-order valence-corrected chi connectivity index (χ4v) is 2.59. The van der Waals surface area contributed by atoms with Gasteiger partial charge in [0.15, 0.2) is 0 Å². The first-order valence-electron chi connectivity index (χ1n) is 9.23. The van der Waals surface area contributed by atoms with Gasteiger partial charge in [0.25, 0.3) is 0 Å². The van der Waals surface area contributed by atoms with E-state index in [1.54, 1.807) is 0 Å². The number of nitrogens with zero attached hydrogens (tertiary/aromatic N) is 2. The molecule has 0 aromatic rings. The van der Waals surface area contributed by atoms with Gasteiger partial charge >= 0.3 is 0 Å². The highest BCUT2D eigenvalue weighted by molar-refractivity contribution is 6.48. The molecule has 1 saturated carbocycles. The average molecular weight is 349 g/mol. The van der Waals surface area contributed by atoms with E-state index in [1.165, 1.54) is 18.4 Å². The summed E-state index contributed by atoms with van der Waals surface area (Å²) < 4.78 is 0. The second kappa shape index (κ2) is 10.7. The lowest BCUT2D eigenvalue weighted by atomic mass is 9.99. The number of rotatable bonds is 9. The average Bonchev–Trinajstić information content (AvgIpc) is 3.36. The molecule has 1 rings (SSSR count). The molecule has 0 heterocycles. The van der Waals surface area contributed by atoms with Crippen LogP contribution in [-0.2, 0) is 0 Å². The third kappa shape index (κ3) is 7.17. The number of halogens is 1. The van der Waals surface area contributed by atoms with Crippen LogP contribution in [0.2, 0.25) is 0 Å².